The van der Waals surface area contributed by atoms with Gasteiger partial charge in [-0.3, -0.25) is 0 Å². The number of piperidine rings is 1. The third kappa shape index (κ3) is 4.56. The molecule has 0 spiro atoms. The number of hydrogen-bond donors (Lipinski definition) is 1. The lowest BCUT2D eigenvalue weighted by Gasteiger charge is -2.32. The zero-order valence-electron chi connectivity index (χ0n) is 14.9. The fourth-order valence-corrected chi connectivity index (χ4v) is 4.43. The van der Waals surface area contributed by atoms with Crippen molar-refractivity contribution >= 4 is 27.4 Å². The Hall–Kier alpha value is -2.21. The predicted molar refractivity (Wildman–Crippen MR) is 103 cm³/mol. The third-order valence-corrected chi connectivity index (χ3v) is 6.54. The van der Waals surface area contributed by atoms with Gasteiger partial charge < -0.3 is 4.90 Å². The van der Waals surface area contributed by atoms with Gasteiger partial charge in [0.15, 0.2) is 11.5 Å². The standard InChI is InChI=1S/C18H20ClN5O2S/c1-13-2-3-15(10-16(13)19)27(25,26)23-12-14-4-8-24(9-5-14)18-17(11-20)21-6-7-22-18/h2-3,6-7,10,14,23H,4-5,8-9,12H2,1H3. The molecule has 1 aliphatic rings. The Balaban J connectivity index is 1.58. The van der Waals surface area contributed by atoms with E-state index in [1.54, 1.807) is 18.3 Å². The van der Waals surface area contributed by atoms with E-state index >= 15 is 0 Å². The van der Waals surface area contributed by atoms with E-state index in [4.69, 9.17) is 16.9 Å². The van der Waals surface area contributed by atoms with E-state index in [0.29, 0.717) is 36.2 Å². The van der Waals surface area contributed by atoms with Gasteiger partial charge in [0.25, 0.3) is 0 Å². The molecule has 1 aromatic carbocycles. The van der Waals surface area contributed by atoms with Crippen LogP contribution >= 0.6 is 11.6 Å². The van der Waals surface area contributed by atoms with E-state index < -0.39 is 10.0 Å². The fraction of sp³-hybridized carbons (Fsp3) is 0.389. The lowest BCUT2D eigenvalue weighted by Crippen LogP contribution is -2.39. The first-order valence-electron chi connectivity index (χ1n) is 8.62. The minimum Gasteiger partial charge on any atom is -0.354 e. The zero-order valence-corrected chi connectivity index (χ0v) is 16.5. The smallest absolute Gasteiger partial charge is 0.240 e. The summed E-state index contributed by atoms with van der Waals surface area (Å²) in [6.07, 6.45) is 4.68. The van der Waals surface area contributed by atoms with Crippen LogP contribution in [0.2, 0.25) is 5.02 Å². The lowest BCUT2D eigenvalue weighted by atomic mass is 9.97. The second kappa shape index (κ2) is 8.21. The Kier molecular flexibility index (Phi) is 5.95. The van der Waals surface area contributed by atoms with Crippen LogP contribution in [0.25, 0.3) is 0 Å². The number of hydrogen-bond acceptors (Lipinski definition) is 6. The van der Waals surface area contributed by atoms with E-state index in [9.17, 15) is 8.42 Å². The van der Waals surface area contributed by atoms with E-state index in [-0.39, 0.29) is 10.8 Å². The SMILES string of the molecule is Cc1ccc(S(=O)(=O)NCC2CCN(c3nccnc3C#N)CC2)cc1Cl. The Labute approximate surface area is 164 Å². The van der Waals surface area contributed by atoms with Crippen molar-refractivity contribution in [2.75, 3.05) is 24.5 Å². The molecule has 0 bridgehead atoms. The summed E-state index contributed by atoms with van der Waals surface area (Å²) in [7, 11) is -3.59. The molecule has 9 heteroatoms. The van der Waals surface area contributed by atoms with Crippen LogP contribution in [0.1, 0.15) is 24.1 Å². The first kappa shape index (κ1) is 19.5. The summed E-state index contributed by atoms with van der Waals surface area (Å²) in [4.78, 5) is 10.5. The molecule has 7 nitrogen and oxygen atoms in total. The number of aromatic nitrogens is 2. The van der Waals surface area contributed by atoms with Crippen molar-refractivity contribution in [3.05, 3.63) is 46.9 Å². The number of rotatable bonds is 5. The van der Waals surface area contributed by atoms with Crippen LogP contribution < -0.4 is 9.62 Å². The van der Waals surface area contributed by atoms with Crippen molar-refractivity contribution in [1.82, 2.24) is 14.7 Å². The molecule has 1 aromatic heterocycles. The van der Waals surface area contributed by atoms with Gasteiger partial charge in [0.1, 0.15) is 6.07 Å². The molecule has 0 radical (unpaired) electrons. The van der Waals surface area contributed by atoms with E-state index in [1.165, 1.54) is 12.3 Å². The van der Waals surface area contributed by atoms with Gasteiger partial charge in [-0.15, -0.1) is 0 Å². The maximum atomic E-state index is 12.5. The average molecular weight is 406 g/mol. The Morgan fingerprint density at radius 3 is 2.67 bits per heavy atom. The highest BCUT2D eigenvalue weighted by atomic mass is 35.5. The summed E-state index contributed by atoms with van der Waals surface area (Å²) < 4.78 is 27.6. The van der Waals surface area contributed by atoms with Gasteiger partial charge in [0.05, 0.1) is 4.90 Å². The minimum absolute atomic E-state index is 0.175. The highest BCUT2D eigenvalue weighted by Gasteiger charge is 2.24. The van der Waals surface area contributed by atoms with Crippen LogP contribution in [0.4, 0.5) is 5.82 Å². The molecule has 0 atom stereocenters. The van der Waals surface area contributed by atoms with Gasteiger partial charge in [-0.1, -0.05) is 17.7 Å². The molecule has 1 saturated heterocycles. The van der Waals surface area contributed by atoms with Crippen molar-refractivity contribution in [2.45, 2.75) is 24.7 Å². The van der Waals surface area contributed by atoms with Gasteiger partial charge in [-0.2, -0.15) is 5.26 Å². The molecule has 1 N–H and O–H groups in total. The Morgan fingerprint density at radius 1 is 1.30 bits per heavy atom. The van der Waals surface area contributed by atoms with Crippen molar-refractivity contribution in [3.63, 3.8) is 0 Å². The molecule has 0 unspecified atom stereocenters. The van der Waals surface area contributed by atoms with E-state index in [0.717, 1.165) is 18.4 Å². The van der Waals surface area contributed by atoms with Gasteiger partial charge >= 0.3 is 0 Å². The summed E-state index contributed by atoms with van der Waals surface area (Å²) in [6, 6.07) is 6.79. The van der Waals surface area contributed by atoms with E-state index in [2.05, 4.69) is 20.8 Å². The third-order valence-electron chi connectivity index (χ3n) is 4.71. The predicted octanol–water partition coefficient (Wildman–Crippen LogP) is 2.51. The van der Waals surface area contributed by atoms with E-state index in [1.807, 2.05) is 11.8 Å². The molecule has 27 heavy (non-hydrogen) atoms. The molecular formula is C18H20ClN5O2S. The van der Waals surface area contributed by atoms with Crippen LogP contribution in [0.3, 0.4) is 0 Å². The first-order valence-corrected chi connectivity index (χ1v) is 10.5. The summed E-state index contributed by atoms with van der Waals surface area (Å²) in [6.45, 7) is 3.61. The quantitative estimate of drug-likeness (QED) is 0.820. The number of anilines is 1. The van der Waals surface area contributed by atoms with Crippen LogP contribution in [0.15, 0.2) is 35.5 Å². The minimum atomic E-state index is -3.59. The van der Waals surface area contributed by atoms with Crippen molar-refractivity contribution in [1.29, 1.82) is 5.26 Å². The number of sulfonamides is 1. The fourth-order valence-electron chi connectivity index (χ4n) is 3.04. The number of nitriles is 1. The van der Waals surface area contributed by atoms with Crippen LogP contribution in [0.5, 0.6) is 0 Å². The highest BCUT2D eigenvalue weighted by Crippen LogP contribution is 2.24. The summed E-state index contributed by atoms with van der Waals surface area (Å²) in [5.74, 6) is 0.812. The van der Waals surface area contributed by atoms with Crippen LogP contribution in [0, 0.1) is 24.2 Å². The molecule has 142 valence electrons. The van der Waals surface area contributed by atoms with Gasteiger partial charge in [0.2, 0.25) is 10.0 Å². The van der Waals surface area contributed by atoms with Gasteiger partial charge in [-0.05, 0) is 43.4 Å². The Morgan fingerprint density at radius 2 is 2.00 bits per heavy atom. The summed E-state index contributed by atoms with van der Waals surface area (Å²) in [5, 5.41) is 9.59. The maximum absolute atomic E-state index is 12.5. The first-order chi connectivity index (χ1) is 12.9. The molecule has 1 fully saturated rings. The molecule has 2 aromatic rings. The maximum Gasteiger partial charge on any atom is 0.240 e. The number of nitrogens with one attached hydrogen (secondary N) is 1. The average Bonchev–Trinajstić information content (AvgIpc) is 2.69. The number of nitrogens with zero attached hydrogens (tertiary/aromatic N) is 4. The van der Waals surface area contributed by atoms with Crippen LogP contribution in [-0.2, 0) is 10.0 Å². The second-order valence-electron chi connectivity index (χ2n) is 6.53. The zero-order chi connectivity index (χ0) is 19.4. The largest absolute Gasteiger partial charge is 0.354 e. The Bertz CT molecular complexity index is 966. The molecule has 1 aliphatic heterocycles. The van der Waals surface area contributed by atoms with Crippen LogP contribution in [-0.4, -0.2) is 38.0 Å². The van der Waals surface area contributed by atoms with Crippen molar-refractivity contribution in [3.8, 4) is 6.07 Å². The molecule has 0 amide bonds. The van der Waals surface area contributed by atoms with Crippen molar-refractivity contribution < 1.29 is 8.42 Å². The summed E-state index contributed by atoms with van der Waals surface area (Å²) >= 11 is 6.04. The molecule has 3 rings (SSSR count). The number of halogens is 1. The second-order valence-corrected chi connectivity index (χ2v) is 8.71. The molecule has 0 saturated carbocycles. The normalized spacial score (nSPS) is 15.5. The number of benzene rings is 1. The number of aryl methyl sites for hydroxylation is 1. The van der Waals surface area contributed by atoms with Crippen molar-refractivity contribution in [2.24, 2.45) is 5.92 Å². The lowest BCUT2D eigenvalue weighted by molar-refractivity contribution is 0.400. The van der Waals surface area contributed by atoms with Gasteiger partial charge in [-0.25, -0.2) is 23.1 Å². The highest BCUT2D eigenvalue weighted by molar-refractivity contribution is 7.89. The monoisotopic (exact) mass is 405 g/mol. The molecule has 0 aliphatic carbocycles. The molecular weight excluding hydrogens is 386 g/mol. The topological polar surface area (TPSA) is 99.0 Å². The molecule has 2 heterocycles. The summed E-state index contributed by atoms with van der Waals surface area (Å²) in [5.41, 5.74) is 1.15. The van der Waals surface area contributed by atoms with Gasteiger partial charge in [0, 0.05) is 37.1 Å².